The molecule has 0 saturated heterocycles. The summed E-state index contributed by atoms with van der Waals surface area (Å²) in [5.74, 6) is -1.46. The molecule has 5 rings (SSSR count). The standard InChI is InChI=1S/C25H19BrF2N4O/c26-20-8-3-6-16-11-12-31(14-19(16)20)25(33)18-7-2-1-5-17(18)13-32-15-23(29-30-32)24-21(27)9-4-10-22(24)28/h1-10,15H,11-14H2. The third-order valence-electron chi connectivity index (χ3n) is 5.84. The molecule has 5 nitrogen and oxygen atoms in total. The van der Waals surface area contributed by atoms with Gasteiger partial charge in [0.1, 0.15) is 17.3 Å². The van der Waals surface area contributed by atoms with Crippen LogP contribution in [0.15, 0.2) is 71.3 Å². The molecule has 0 atom stereocenters. The van der Waals surface area contributed by atoms with Crippen LogP contribution in [0, 0.1) is 11.6 Å². The first kappa shape index (κ1) is 21.5. The van der Waals surface area contributed by atoms with Gasteiger partial charge in [-0.3, -0.25) is 4.79 Å². The van der Waals surface area contributed by atoms with Crippen LogP contribution in [-0.2, 0) is 19.5 Å². The van der Waals surface area contributed by atoms with Crippen molar-refractivity contribution in [3.05, 3.63) is 105 Å². The fourth-order valence-electron chi connectivity index (χ4n) is 4.16. The van der Waals surface area contributed by atoms with E-state index < -0.39 is 11.6 Å². The molecule has 0 aliphatic carbocycles. The lowest BCUT2D eigenvalue weighted by Crippen LogP contribution is -2.36. The number of nitrogens with zero attached hydrogens (tertiary/aromatic N) is 4. The fraction of sp³-hybridized carbons (Fsp3) is 0.160. The van der Waals surface area contributed by atoms with Gasteiger partial charge < -0.3 is 4.90 Å². The Hall–Kier alpha value is -3.39. The summed E-state index contributed by atoms with van der Waals surface area (Å²) in [4.78, 5) is 15.3. The first-order valence-electron chi connectivity index (χ1n) is 10.5. The molecule has 4 aromatic rings. The fourth-order valence-corrected chi connectivity index (χ4v) is 4.69. The second-order valence-electron chi connectivity index (χ2n) is 7.91. The predicted octanol–water partition coefficient (Wildman–Crippen LogP) is 5.23. The number of carbonyl (C=O) groups is 1. The zero-order valence-corrected chi connectivity index (χ0v) is 19.1. The van der Waals surface area contributed by atoms with Gasteiger partial charge in [0.2, 0.25) is 0 Å². The number of carbonyl (C=O) groups excluding carboxylic acids is 1. The summed E-state index contributed by atoms with van der Waals surface area (Å²) in [7, 11) is 0. The van der Waals surface area contributed by atoms with E-state index in [2.05, 4.69) is 32.3 Å². The summed E-state index contributed by atoms with van der Waals surface area (Å²) in [5, 5.41) is 7.96. The largest absolute Gasteiger partial charge is 0.334 e. The Bertz CT molecular complexity index is 1330. The number of halogens is 3. The molecule has 0 saturated carbocycles. The van der Waals surface area contributed by atoms with E-state index >= 15 is 0 Å². The van der Waals surface area contributed by atoms with Gasteiger partial charge in [-0.2, -0.15) is 0 Å². The summed E-state index contributed by atoms with van der Waals surface area (Å²) in [5.41, 5.74) is 3.59. The van der Waals surface area contributed by atoms with Gasteiger partial charge in [-0.15, -0.1) is 5.10 Å². The summed E-state index contributed by atoms with van der Waals surface area (Å²) in [6.07, 6.45) is 2.28. The number of hydrogen-bond acceptors (Lipinski definition) is 3. The van der Waals surface area contributed by atoms with E-state index in [1.165, 1.54) is 34.6 Å². The molecular formula is C25H19BrF2N4O. The topological polar surface area (TPSA) is 51.0 Å². The van der Waals surface area contributed by atoms with E-state index in [4.69, 9.17) is 0 Å². The van der Waals surface area contributed by atoms with Crippen molar-refractivity contribution in [2.45, 2.75) is 19.5 Å². The molecule has 1 aliphatic heterocycles. The smallest absolute Gasteiger partial charge is 0.254 e. The van der Waals surface area contributed by atoms with Crippen molar-refractivity contribution in [3.63, 3.8) is 0 Å². The van der Waals surface area contributed by atoms with Crippen molar-refractivity contribution in [1.82, 2.24) is 19.9 Å². The van der Waals surface area contributed by atoms with Gasteiger partial charge in [-0.25, -0.2) is 13.5 Å². The van der Waals surface area contributed by atoms with Gasteiger partial charge >= 0.3 is 0 Å². The Morgan fingerprint density at radius 3 is 2.58 bits per heavy atom. The molecule has 1 aromatic heterocycles. The van der Waals surface area contributed by atoms with Crippen LogP contribution in [0.25, 0.3) is 11.3 Å². The van der Waals surface area contributed by atoms with Crippen molar-refractivity contribution in [1.29, 1.82) is 0 Å². The van der Waals surface area contributed by atoms with Crippen molar-refractivity contribution in [2.24, 2.45) is 0 Å². The van der Waals surface area contributed by atoms with Crippen LogP contribution in [0.1, 0.15) is 27.0 Å². The lowest BCUT2D eigenvalue weighted by Gasteiger charge is -2.30. The third kappa shape index (κ3) is 4.18. The highest BCUT2D eigenvalue weighted by Crippen LogP contribution is 2.28. The second kappa shape index (κ2) is 8.86. The van der Waals surface area contributed by atoms with Crippen LogP contribution in [0.5, 0.6) is 0 Å². The molecule has 2 heterocycles. The summed E-state index contributed by atoms with van der Waals surface area (Å²) < 4.78 is 30.7. The average molecular weight is 509 g/mol. The second-order valence-corrected chi connectivity index (χ2v) is 8.76. The van der Waals surface area contributed by atoms with Crippen LogP contribution in [-0.4, -0.2) is 32.3 Å². The molecule has 3 aromatic carbocycles. The summed E-state index contributed by atoms with van der Waals surface area (Å²) >= 11 is 3.60. The van der Waals surface area contributed by atoms with E-state index in [0.717, 1.165) is 22.0 Å². The maximum absolute atomic E-state index is 14.1. The minimum atomic E-state index is -0.700. The quantitative estimate of drug-likeness (QED) is 0.379. The van der Waals surface area contributed by atoms with Crippen molar-refractivity contribution in [2.75, 3.05) is 6.54 Å². The first-order valence-corrected chi connectivity index (χ1v) is 11.3. The number of hydrogen-bond donors (Lipinski definition) is 0. The normalized spacial score (nSPS) is 13.1. The average Bonchev–Trinajstić information content (AvgIpc) is 3.27. The van der Waals surface area contributed by atoms with E-state index in [0.29, 0.717) is 18.7 Å². The van der Waals surface area contributed by atoms with E-state index in [1.807, 2.05) is 35.2 Å². The summed E-state index contributed by atoms with van der Waals surface area (Å²) in [6.45, 7) is 1.42. The minimum absolute atomic E-state index is 0.0625. The van der Waals surface area contributed by atoms with E-state index in [1.54, 1.807) is 6.07 Å². The molecule has 0 N–H and O–H groups in total. The maximum atomic E-state index is 14.1. The molecule has 0 radical (unpaired) electrons. The van der Waals surface area contributed by atoms with Gasteiger partial charge in [0, 0.05) is 23.1 Å². The maximum Gasteiger partial charge on any atom is 0.254 e. The lowest BCUT2D eigenvalue weighted by molar-refractivity contribution is 0.0733. The zero-order valence-electron chi connectivity index (χ0n) is 17.5. The number of rotatable bonds is 4. The molecule has 1 amide bonds. The molecule has 33 heavy (non-hydrogen) atoms. The molecule has 166 valence electrons. The van der Waals surface area contributed by atoms with Crippen molar-refractivity contribution in [3.8, 4) is 11.3 Å². The Labute approximate surface area is 197 Å². The van der Waals surface area contributed by atoms with Crippen LogP contribution in [0.4, 0.5) is 8.78 Å². The molecule has 0 spiro atoms. The molecule has 1 aliphatic rings. The van der Waals surface area contributed by atoms with Crippen molar-refractivity contribution < 1.29 is 13.6 Å². The van der Waals surface area contributed by atoms with Crippen LogP contribution in [0.2, 0.25) is 0 Å². The van der Waals surface area contributed by atoms with Gasteiger partial charge in [0.15, 0.2) is 0 Å². The van der Waals surface area contributed by atoms with Crippen LogP contribution < -0.4 is 0 Å². The van der Waals surface area contributed by atoms with Crippen LogP contribution >= 0.6 is 15.9 Å². The Balaban J connectivity index is 1.40. The molecular weight excluding hydrogens is 490 g/mol. The monoisotopic (exact) mass is 508 g/mol. The lowest BCUT2D eigenvalue weighted by atomic mass is 9.98. The zero-order chi connectivity index (χ0) is 22.9. The highest BCUT2D eigenvalue weighted by molar-refractivity contribution is 9.10. The number of fused-ring (bicyclic) bond motifs is 1. The molecule has 0 bridgehead atoms. The predicted molar refractivity (Wildman–Crippen MR) is 124 cm³/mol. The number of benzene rings is 3. The van der Waals surface area contributed by atoms with Gasteiger partial charge in [-0.1, -0.05) is 57.5 Å². The Morgan fingerprint density at radius 2 is 1.76 bits per heavy atom. The van der Waals surface area contributed by atoms with E-state index in [9.17, 15) is 13.6 Å². The van der Waals surface area contributed by atoms with Crippen molar-refractivity contribution >= 4 is 21.8 Å². The third-order valence-corrected chi connectivity index (χ3v) is 6.58. The van der Waals surface area contributed by atoms with Gasteiger partial charge in [0.05, 0.1) is 18.3 Å². The highest BCUT2D eigenvalue weighted by atomic mass is 79.9. The minimum Gasteiger partial charge on any atom is -0.334 e. The molecule has 0 unspecified atom stereocenters. The molecule has 0 fully saturated rings. The van der Waals surface area contributed by atoms with Gasteiger partial charge in [-0.05, 0) is 47.4 Å². The number of amides is 1. The van der Waals surface area contributed by atoms with E-state index in [-0.39, 0.29) is 23.7 Å². The van der Waals surface area contributed by atoms with Gasteiger partial charge in [0.25, 0.3) is 5.91 Å². The molecule has 8 heteroatoms. The SMILES string of the molecule is O=C(c1ccccc1Cn1cc(-c2c(F)cccc2F)nn1)N1CCc2cccc(Br)c2C1. The first-order chi connectivity index (χ1) is 16.0. The Morgan fingerprint density at radius 1 is 1.00 bits per heavy atom. The highest BCUT2D eigenvalue weighted by Gasteiger charge is 2.25. The van der Waals surface area contributed by atoms with Crippen LogP contribution in [0.3, 0.4) is 0 Å². The number of aromatic nitrogens is 3. The summed E-state index contributed by atoms with van der Waals surface area (Å²) in [6, 6.07) is 17.1. The Kier molecular flexibility index (Phi) is 5.76.